The maximum Gasteiger partial charge on any atom is 0.135 e. The number of hydrogen-bond acceptors (Lipinski definition) is 1. The number of benzene rings is 2. The summed E-state index contributed by atoms with van der Waals surface area (Å²) in [5.41, 5.74) is 4.32. The summed E-state index contributed by atoms with van der Waals surface area (Å²) in [4.78, 5) is 3.21. The second-order valence-corrected chi connectivity index (χ2v) is 4.81. The van der Waals surface area contributed by atoms with Crippen LogP contribution in [0, 0.1) is 0 Å². The van der Waals surface area contributed by atoms with E-state index in [2.05, 4.69) is 47.4 Å². The first-order chi connectivity index (χ1) is 9.90. The van der Waals surface area contributed by atoms with Gasteiger partial charge in [-0.2, -0.15) is 0 Å². The summed E-state index contributed by atoms with van der Waals surface area (Å²) < 4.78 is 5.88. The summed E-state index contributed by atoms with van der Waals surface area (Å²) >= 11 is 0. The number of aromatic nitrogens is 1. The summed E-state index contributed by atoms with van der Waals surface area (Å²) in [6.45, 7) is 0. The molecule has 0 fully saturated rings. The molecule has 20 heavy (non-hydrogen) atoms. The number of furan rings is 1. The average molecular weight is 259 g/mol. The molecule has 0 aliphatic carbocycles. The van der Waals surface area contributed by atoms with Crippen molar-refractivity contribution in [2.24, 2.45) is 0 Å². The van der Waals surface area contributed by atoms with Crippen molar-refractivity contribution in [1.82, 2.24) is 4.98 Å². The molecule has 4 rings (SSSR count). The molecule has 2 nitrogen and oxygen atoms in total. The lowest BCUT2D eigenvalue weighted by Gasteiger charge is -2.00. The number of nitrogens with one attached hydrogen (secondary N) is 1. The van der Waals surface area contributed by atoms with Crippen LogP contribution in [0.15, 0.2) is 77.3 Å². The van der Waals surface area contributed by atoms with E-state index < -0.39 is 0 Å². The van der Waals surface area contributed by atoms with Crippen molar-refractivity contribution in [3.05, 3.63) is 72.9 Å². The minimum Gasteiger partial charge on any atom is -0.456 e. The van der Waals surface area contributed by atoms with Gasteiger partial charge in [0.2, 0.25) is 0 Å². The van der Waals surface area contributed by atoms with Gasteiger partial charge in [-0.3, -0.25) is 0 Å². The third kappa shape index (κ3) is 1.82. The molecule has 0 saturated heterocycles. The van der Waals surface area contributed by atoms with Crippen LogP contribution in [0.25, 0.3) is 33.6 Å². The van der Waals surface area contributed by atoms with E-state index in [1.54, 1.807) is 0 Å². The van der Waals surface area contributed by atoms with Crippen molar-refractivity contribution in [3.8, 4) is 22.6 Å². The average Bonchev–Trinajstić information content (AvgIpc) is 3.17. The molecule has 0 radical (unpaired) electrons. The van der Waals surface area contributed by atoms with Crippen LogP contribution in [0.3, 0.4) is 0 Å². The van der Waals surface area contributed by atoms with Crippen molar-refractivity contribution < 1.29 is 4.42 Å². The summed E-state index contributed by atoms with van der Waals surface area (Å²) in [6.07, 6.45) is 1.93. The molecular weight excluding hydrogens is 246 g/mol. The number of para-hydroxylation sites is 1. The minimum atomic E-state index is 0.907. The van der Waals surface area contributed by atoms with E-state index >= 15 is 0 Å². The number of rotatable bonds is 2. The highest BCUT2D eigenvalue weighted by Crippen LogP contribution is 2.29. The van der Waals surface area contributed by atoms with E-state index in [0.717, 1.165) is 28.0 Å². The fourth-order valence-electron chi connectivity index (χ4n) is 2.45. The molecule has 2 aromatic carbocycles. The maximum atomic E-state index is 5.88. The molecule has 0 saturated carbocycles. The SMILES string of the molecule is c1c[nH]c(-c2ccc(-c3cc4ccccc4o3)cc2)c1. The second-order valence-electron chi connectivity index (χ2n) is 4.81. The maximum absolute atomic E-state index is 5.88. The summed E-state index contributed by atoms with van der Waals surface area (Å²) in [6, 6.07) is 22.6. The molecule has 96 valence electrons. The second kappa shape index (κ2) is 4.42. The highest BCUT2D eigenvalue weighted by Gasteiger charge is 2.06. The monoisotopic (exact) mass is 259 g/mol. The van der Waals surface area contributed by atoms with Crippen molar-refractivity contribution >= 4 is 11.0 Å². The highest BCUT2D eigenvalue weighted by atomic mass is 16.3. The summed E-state index contributed by atoms with van der Waals surface area (Å²) in [5.74, 6) is 0.907. The summed E-state index contributed by atoms with van der Waals surface area (Å²) in [7, 11) is 0. The predicted octanol–water partition coefficient (Wildman–Crippen LogP) is 5.09. The molecule has 0 aliphatic rings. The lowest BCUT2D eigenvalue weighted by molar-refractivity contribution is 0.631. The Bertz CT molecular complexity index is 806. The van der Waals surface area contributed by atoms with Gasteiger partial charge in [0.05, 0.1) is 0 Å². The van der Waals surface area contributed by atoms with Gasteiger partial charge in [0, 0.05) is 22.8 Å². The fraction of sp³-hybridized carbons (Fsp3) is 0. The van der Waals surface area contributed by atoms with Crippen molar-refractivity contribution in [1.29, 1.82) is 0 Å². The standard InChI is InChI=1S/C18H13NO/c1-2-6-17-15(4-1)12-18(20-17)14-9-7-13(8-10-14)16-5-3-11-19-16/h1-12,19H. The van der Waals surface area contributed by atoms with E-state index in [1.165, 1.54) is 5.56 Å². The van der Waals surface area contributed by atoms with Crippen LogP contribution in [0.4, 0.5) is 0 Å². The topological polar surface area (TPSA) is 28.9 Å². The number of fused-ring (bicyclic) bond motifs is 1. The quantitative estimate of drug-likeness (QED) is 0.533. The van der Waals surface area contributed by atoms with Crippen LogP contribution in [-0.2, 0) is 0 Å². The molecule has 2 aromatic heterocycles. The molecule has 0 amide bonds. The molecule has 0 unspecified atom stereocenters. The molecule has 0 atom stereocenters. The zero-order valence-electron chi connectivity index (χ0n) is 10.8. The van der Waals surface area contributed by atoms with Gasteiger partial charge in [-0.1, -0.05) is 42.5 Å². The fourth-order valence-corrected chi connectivity index (χ4v) is 2.45. The lowest BCUT2D eigenvalue weighted by atomic mass is 10.1. The van der Waals surface area contributed by atoms with Gasteiger partial charge in [-0.15, -0.1) is 0 Å². The molecule has 0 aliphatic heterocycles. The highest BCUT2D eigenvalue weighted by molar-refractivity contribution is 5.83. The Labute approximate surface area is 116 Å². The summed E-state index contributed by atoms with van der Waals surface area (Å²) in [5, 5.41) is 1.14. The Kier molecular flexibility index (Phi) is 2.46. The molecule has 2 heteroatoms. The third-order valence-corrected chi connectivity index (χ3v) is 3.50. The van der Waals surface area contributed by atoms with E-state index in [-0.39, 0.29) is 0 Å². The third-order valence-electron chi connectivity index (χ3n) is 3.50. The molecule has 1 N–H and O–H groups in total. The smallest absolute Gasteiger partial charge is 0.135 e. The molecule has 0 spiro atoms. The number of hydrogen-bond donors (Lipinski definition) is 1. The van der Waals surface area contributed by atoms with Crippen LogP contribution in [-0.4, -0.2) is 4.98 Å². The van der Waals surface area contributed by atoms with Crippen LogP contribution >= 0.6 is 0 Å². The first-order valence-electron chi connectivity index (χ1n) is 6.63. The van der Waals surface area contributed by atoms with Gasteiger partial charge in [0.25, 0.3) is 0 Å². The molecule has 0 bridgehead atoms. The Morgan fingerprint density at radius 3 is 2.30 bits per heavy atom. The van der Waals surface area contributed by atoms with E-state index in [4.69, 9.17) is 4.42 Å². The van der Waals surface area contributed by atoms with E-state index in [1.807, 2.05) is 30.5 Å². The Morgan fingerprint density at radius 2 is 1.55 bits per heavy atom. The first-order valence-corrected chi connectivity index (χ1v) is 6.63. The molecular formula is C18H13NO. The lowest BCUT2D eigenvalue weighted by Crippen LogP contribution is -1.78. The molecule has 2 heterocycles. The van der Waals surface area contributed by atoms with Crippen LogP contribution < -0.4 is 0 Å². The Hall–Kier alpha value is -2.74. The van der Waals surface area contributed by atoms with E-state index in [9.17, 15) is 0 Å². The van der Waals surface area contributed by atoms with Gasteiger partial charge >= 0.3 is 0 Å². The Balaban J connectivity index is 1.75. The van der Waals surface area contributed by atoms with Crippen LogP contribution in [0.2, 0.25) is 0 Å². The van der Waals surface area contributed by atoms with Gasteiger partial charge in [0.15, 0.2) is 0 Å². The van der Waals surface area contributed by atoms with E-state index in [0.29, 0.717) is 0 Å². The van der Waals surface area contributed by atoms with Gasteiger partial charge in [0.1, 0.15) is 11.3 Å². The van der Waals surface area contributed by atoms with Crippen molar-refractivity contribution in [2.45, 2.75) is 0 Å². The first kappa shape index (κ1) is 11.1. The van der Waals surface area contributed by atoms with Gasteiger partial charge in [-0.05, 0) is 29.8 Å². The van der Waals surface area contributed by atoms with Crippen LogP contribution in [0.5, 0.6) is 0 Å². The zero-order chi connectivity index (χ0) is 13.4. The predicted molar refractivity (Wildman–Crippen MR) is 81.4 cm³/mol. The van der Waals surface area contributed by atoms with Crippen molar-refractivity contribution in [3.63, 3.8) is 0 Å². The molecule has 4 aromatic rings. The number of aromatic amines is 1. The van der Waals surface area contributed by atoms with Gasteiger partial charge < -0.3 is 9.40 Å². The zero-order valence-corrected chi connectivity index (χ0v) is 10.8. The van der Waals surface area contributed by atoms with Gasteiger partial charge in [-0.25, -0.2) is 0 Å². The minimum absolute atomic E-state index is 0.907. The largest absolute Gasteiger partial charge is 0.456 e. The van der Waals surface area contributed by atoms with Crippen LogP contribution in [0.1, 0.15) is 0 Å². The Morgan fingerprint density at radius 1 is 0.750 bits per heavy atom. The van der Waals surface area contributed by atoms with Crippen molar-refractivity contribution in [2.75, 3.05) is 0 Å². The number of H-pyrrole nitrogens is 1. The normalized spacial score (nSPS) is 11.0.